The predicted octanol–water partition coefficient (Wildman–Crippen LogP) is 1.96. The van der Waals surface area contributed by atoms with E-state index in [1.807, 2.05) is 30.3 Å². The predicted molar refractivity (Wildman–Crippen MR) is 52.9 cm³/mol. The molecule has 0 atom stereocenters. The first kappa shape index (κ1) is 11.8. The van der Waals surface area contributed by atoms with Crippen LogP contribution in [-0.2, 0) is 11.3 Å². The van der Waals surface area contributed by atoms with Crippen LogP contribution in [0.5, 0.6) is 0 Å². The van der Waals surface area contributed by atoms with Crippen LogP contribution in [0.1, 0.15) is 5.56 Å². The highest BCUT2D eigenvalue weighted by atomic mass is 35.5. The molecule has 0 aliphatic carbocycles. The Labute approximate surface area is 83.5 Å². The van der Waals surface area contributed by atoms with E-state index in [0.29, 0.717) is 6.54 Å². The highest BCUT2D eigenvalue weighted by Gasteiger charge is 1.96. The summed E-state index contributed by atoms with van der Waals surface area (Å²) < 4.78 is 4.42. The third kappa shape index (κ3) is 4.38. The van der Waals surface area contributed by atoms with E-state index in [2.05, 4.69) is 10.1 Å². The lowest BCUT2D eigenvalue weighted by molar-refractivity contribution is 0.170. The summed E-state index contributed by atoms with van der Waals surface area (Å²) in [5.41, 5.74) is 1.06. The number of methoxy groups -OCH3 is 1. The van der Waals surface area contributed by atoms with E-state index in [9.17, 15) is 4.79 Å². The SMILES string of the molecule is COC(=O)NCc1ccccc1.Cl. The molecule has 1 aromatic carbocycles. The van der Waals surface area contributed by atoms with Crippen LogP contribution >= 0.6 is 12.4 Å². The average Bonchev–Trinajstić information content (AvgIpc) is 2.16. The van der Waals surface area contributed by atoms with E-state index in [1.54, 1.807) is 0 Å². The van der Waals surface area contributed by atoms with Gasteiger partial charge in [-0.15, -0.1) is 12.4 Å². The Morgan fingerprint density at radius 1 is 1.38 bits per heavy atom. The third-order valence-corrected chi connectivity index (χ3v) is 1.47. The smallest absolute Gasteiger partial charge is 0.407 e. The monoisotopic (exact) mass is 201 g/mol. The molecule has 0 spiro atoms. The van der Waals surface area contributed by atoms with Gasteiger partial charge >= 0.3 is 6.09 Å². The average molecular weight is 202 g/mol. The largest absolute Gasteiger partial charge is 0.453 e. The second kappa shape index (κ2) is 6.31. The van der Waals surface area contributed by atoms with Crippen molar-refractivity contribution in [2.24, 2.45) is 0 Å². The van der Waals surface area contributed by atoms with Crippen LogP contribution in [0.3, 0.4) is 0 Å². The fourth-order valence-corrected chi connectivity index (χ4v) is 0.842. The van der Waals surface area contributed by atoms with Crippen molar-refractivity contribution in [1.29, 1.82) is 0 Å². The first-order chi connectivity index (χ1) is 5.83. The molecule has 0 bridgehead atoms. The molecule has 1 N–H and O–H groups in total. The van der Waals surface area contributed by atoms with Crippen LogP contribution < -0.4 is 5.32 Å². The lowest BCUT2D eigenvalue weighted by Gasteiger charge is -2.02. The van der Waals surface area contributed by atoms with E-state index in [-0.39, 0.29) is 12.4 Å². The van der Waals surface area contributed by atoms with E-state index in [4.69, 9.17) is 0 Å². The van der Waals surface area contributed by atoms with Gasteiger partial charge in [-0.3, -0.25) is 0 Å². The molecule has 0 heterocycles. The van der Waals surface area contributed by atoms with Crippen LogP contribution in [0.4, 0.5) is 4.79 Å². The van der Waals surface area contributed by atoms with Crippen LogP contribution in [0, 0.1) is 0 Å². The Morgan fingerprint density at radius 2 is 2.00 bits per heavy atom. The zero-order valence-electron chi connectivity index (χ0n) is 7.32. The van der Waals surface area contributed by atoms with Crippen LogP contribution in [-0.4, -0.2) is 13.2 Å². The second-order valence-electron chi connectivity index (χ2n) is 2.33. The minimum Gasteiger partial charge on any atom is -0.453 e. The van der Waals surface area contributed by atoms with E-state index in [1.165, 1.54) is 7.11 Å². The van der Waals surface area contributed by atoms with Gasteiger partial charge in [0.15, 0.2) is 0 Å². The maximum atomic E-state index is 10.7. The van der Waals surface area contributed by atoms with Gasteiger partial charge in [-0.25, -0.2) is 4.79 Å². The number of halogens is 1. The molecule has 0 saturated heterocycles. The second-order valence-corrected chi connectivity index (χ2v) is 2.33. The van der Waals surface area contributed by atoms with Crippen molar-refractivity contribution in [2.45, 2.75) is 6.54 Å². The van der Waals surface area contributed by atoms with Crippen LogP contribution in [0.25, 0.3) is 0 Å². The molecule has 72 valence electrons. The minimum atomic E-state index is -0.404. The number of nitrogens with one attached hydrogen (secondary N) is 1. The number of hydrogen-bond acceptors (Lipinski definition) is 2. The van der Waals surface area contributed by atoms with Gasteiger partial charge in [0.25, 0.3) is 0 Å². The summed E-state index contributed by atoms with van der Waals surface area (Å²) in [6.07, 6.45) is -0.404. The Balaban J connectivity index is 0.00000144. The lowest BCUT2D eigenvalue weighted by atomic mass is 10.2. The van der Waals surface area contributed by atoms with Crippen molar-refractivity contribution < 1.29 is 9.53 Å². The van der Waals surface area contributed by atoms with Gasteiger partial charge in [0, 0.05) is 6.54 Å². The summed E-state index contributed by atoms with van der Waals surface area (Å²) in [6, 6.07) is 9.66. The van der Waals surface area contributed by atoms with Crippen molar-refractivity contribution in [3.05, 3.63) is 35.9 Å². The number of hydrogen-bond donors (Lipinski definition) is 1. The molecule has 0 radical (unpaired) electrons. The summed E-state index contributed by atoms with van der Waals surface area (Å²) in [7, 11) is 1.35. The number of carbonyl (C=O) groups excluding carboxylic acids is 1. The van der Waals surface area contributed by atoms with Crippen molar-refractivity contribution in [2.75, 3.05) is 7.11 Å². The van der Waals surface area contributed by atoms with Crippen molar-refractivity contribution >= 4 is 18.5 Å². The van der Waals surface area contributed by atoms with Gasteiger partial charge in [-0.2, -0.15) is 0 Å². The molecular formula is C9H12ClNO2. The summed E-state index contributed by atoms with van der Waals surface area (Å²) >= 11 is 0. The fraction of sp³-hybridized carbons (Fsp3) is 0.222. The van der Waals surface area contributed by atoms with Gasteiger partial charge in [-0.1, -0.05) is 30.3 Å². The molecular weight excluding hydrogens is 190 g/mol. The maximum absolute atomic E-state index is 10.7. The molecule has 4 heteroatoms. The zero-order chi connectivity index (χ0) is 8.81. The van der Waals surface area contributed by atoms with E-state index < -0.39 is 6.09 Å². The Morgan fingerprint density at radius 3 is 2.54 bits per heavy atom. The number of carbonyl (C=O) groups is 1. The quantitative estimate of drug-likeness (QED) is 0.795. The van der Waals surface area contributed by atoms with Crippen molar-refractivity contribution in [3.8, 4) is 0 Å². The van der Waals surface area contributed by atoms with Gasteiger partial charge in [-0.05, 0) is 5.56 Å². The maximum Gasteiger partial charge on any atom is 0.407 e. The molecule has 0 aliphatic heterocycles. The number of benzene rings is 1. The normalized spacial score (nSPS) is 8.38. The molecule has 1 amide bonds. The van der Waals surface area contributed by atoms with Crippen molar-refractivity contribution in [3.63, 3.8) is 0 Å². The fourth-order valence-electron chi connectivity index (χ4n) is 0.842. The number of ether oxygens (including phenoxy) is 1. The molecule has 3 nitrogen and oxygen atoms in total. The first-order valence-corrected chi connectivity index (χ1v) is 3.68. The van der Waals surface area contributed by atoms with Crippen LogP contribution in [0.2, 0.25) is 0 Å². The molecule has 13 heavy (non-hydrogen) atoms. The molecule has 0 aromatic heterocycles. The summed E-state index contributed by atoms with van der Waals surface area (Å²) in [4.78, 5) is 10.7. The molecule has 1 aromatic rings. The molecule has 0 aliphatic rings. The van der Waals surface area contributed by atoms with Gasteiger partial charge < -0.3 is 10.1 Å². The van der Waals surface area contributed by atoms with E-state index >= 15 is 0 Å². The standard InChI is InChI=1S/C9H11NO2.ClH/c1-12-9(11)10-7-8-5-3-2-4-6-8;/h2-6H,7H2,1H3,(H,10,11);1H. The van der Waals surface area contributed by atoms with Gasteiger partial charge in [0.1, 0.15) is 0 Å². The Bertz CT molecular complexity index is 251. The minimum absolute atomic E-state index is 0. The Kier molecular flexibility index (Phi) is 5.72. The van der Waals surface area contributed by atoms with E-state index in [0.717, 1.165) is 5.56 Å². The molecule has 0 fully saturated rings. The van der Waals surface area contributed by atoms with Crippen molar-refractivity contribution in [1.82, 2.24) is 5.32 Å². The molecule has 1 rings (SSSR count). The molecule has 0 unspecified atom stereocenters. The van der Waals surface area contributed by atoms with Gasteiger partial charge in [0.2, 0.25) is 0 Å². The van der Waals surface area contributed by atoms with Crippen LogP contribution in [0.15, 0.2) is 30.3 Å². The Hall–Kier alpha value is -1.22. The topological polar surface area (TPSA) is 38.3 Å². The summed E-state index contributed by atoms with van der Waals surface area (Å²) in [6.45, 7) is 0.507. The highest BCUT2D eigenvalue weighted by Crippen LogP contribution is 1.96. The number of amides is 1. The van der Waals surface area contributed by atoms with Gasteiger partial charge in [0.05, 0.1) is 7.11 Å². The highest BCUT2D eigenvalue weighted by molar-refractivity contribution is 5.85. The third-order valence-electron chi connectivity index (χ3n) is 1.47. The number of alkyl carbamates (subject to hydrolysis) is 1. The summed E-state index contributed by atoms with van der Waals surface area (Å²) in [5, 5.41) is 2.59. The number of rotatable bonds is 2. The zero-order valence-corrected chi connectivity index (χ0v) is 8.14. The summed E-state index contributed by atoms with van der Waals surface area (Å²) in [5.74, 6) is 0. The lowest BCUT2D eigenvalue weighted by Crippen LogP contribution is -2.22. The first-order valence-electron chi connectivity index (χ1n) is 3.68. The molecule has 0 saturated carbocycles.